The Labute approximate surface area is 207 Å². The van der Waals surface area contributed by atoms with Gasteiger partial charge in [0.2, 0.25) is 0 Å². The Morgan fingerprint density at radius 3 is 2.43 bits per heavy atom. The van der Waals surface area contributed by atoms with Crippen molar-refractivity contribution in [3.8, 4) is 0 Å². The quantitative estimate of drug-likeness (QED) is 0.511. The second kappa shape index (κ2) is 11.2. The molecule has 1 N–H and O–H groups in total. The zero-order valence-electron chi connectivity index (χ0n) is 20.7. The number of benzene rings is 3. The van der Waals surface area contributed by atoms with Crippen LogP contribution >= 0.6 is 0 Å². The topological polar surface area (TPSA) is 61.9 Å². The number of piperazine rings is 1. The van der Waals surface area contributed by atoms with Gasteiger partial charge in [-0.3, -0.25) is 4.79 Å². The molecule has 0 saturated carbocycles. The van der Waals surface area contributed by atoms with E-state index in [9.17, 15) is 9.59 Å². The highest BCUT2D eigenvalue weighted by Gasteiger charge is 2.19. The zero-order valence-corrected chi connectivity index (χ0v) is 20.7. The van der Waals surface area contributed by atoms with E-state index in [0.29, 0.717) is 11.1 Å². The van der Waals surface area contributed by atoms with Gasteiger partial charge >= 0.3 is 5.97 Å². The first-order chi connectivity index (χ1) is 16.9. The Morgan fingerprint density at radius 1 is 0.943 bits per heavy atom. The van der Waals surface area contributed by atoms with Crippen LogP contribution < -0.4 is 10.2 Å². The van der Waals surface area contributed by atoms with Crippen LogP contribution in [-0.2, 0) is 11.3 Å². The molecule has 0 aromatic heterocycles. The summed E-state index contributed by atoms with van der Waals surface area (Å²) in [4.78, 5) is 30.4. The fraction of sp³-hybridized carbons (Fsp3) is 0.310. The molecular weight excluding hydrogens is 438 g/mol. The number of carbonyl (C=O) groups excluding carboxylic acids is 2. The van der Waals surface area contributed by atoms with Crippen LogP contribution in [0.3, 0.4) is 0 Å². The number of aryl methyl sites for hydroxylation is 1. The summed E-state index contributed by atoms with van der Waals surface area (Å²) in [7, 11) is 2.13. The zero-order chi connectivity index (χ0) is 24.8. The lowest BCUT2D eigenvalue weighted by Crippen LogP contribution is -2.44. The molecule has 0 bridgehead atoms. The number of anilines is 1. The third-order valence-electron chi connectivity index (χ3n) is 6.52. The number of nitrogens with zero attached hydrogens (tertiary/aromatic N) is 2. The molecule has 0 unspecified atom stereocenters. The Morgan fingerprint density at radius 2 is 1.69 bits per heavy atom. The van der Waals surface area contributed by atoms with Gasteiger partial charge in [-0.15, -0.1) is 0 Å². The molecule has 0 aliphatic carbocycles. The Kier molecular flexibility index (Phi) is 7.83. The summed E-state index contributed by atoms with van der Waals surface area (Å²) < 4.78 is 5.46. The summed E-state index contributed by atoms with van der Waals surface area (Å²) in [5, 5.41) is 3.10. The number of ether oxygens (including phenoxy) is 1. The van der Waals surface area contributed by atoms with Crippen LogP contribution in [0.4, 0.5) is 5.69 Å². The lowest BCUT2D eigenvalue weighted by atomic mass is 10.0. The summed E-state index contributed by atoms with van der Waals surface area (Å²) in [5.74, 6) is -0.506. The molecule has 6 heteroatoms. The molecule has 6 nitrogen and oxygen atoms in total. The third kappa shape index (κ3) is 6.28. The average molecular weight is 472 g/mol. The number of rotatable bonds is 7. The van der Waals surface area contributed by atoms with Crippen LogP contribution in [0.15, 0.2) is 72.8 Å². The van der Waals surface area contributed by atoms with Gasteiger partial charge in [0.15, 0.2) is 0 Å². The van der Waals surface area contributed by atoms with Crippen LogP contribution in [0, 0.1) is 6.92 Å². The van der Waals surface area contributed by atoms with Crippen LogP contribution in [0.25, 0.3) is 0 Å². The lowest BCUT2D eigenvalue weighted by molar-refractivity contribution is 0.0472. The predicted molar refractivity (Wildman–Crippen MR) is 139 cm³/mol. The number of hydrogen-bond donors (Lipinski definition) is 1. The van der Waals surface area contributed by atoms with Crippen LogP contribution in [0.2, 0.25) is 0 Å². The van der Waals surface area contributed by atoms with E-state index >= 15 is 0 Å². The monoisotopic (exact) mass is 471 g/mol. The van der Waals surface area contributed by atoms with E-state index in [-0.39, 0.29) is 24.5 Å². The van der Waals surface area contributed by atoms with Crippen molar-refractivity contribution in [1.82, 2.24) is 10.2 Å². The van der Waals surface area contributed by atoms with Gasteiger partial charge in [-0.05, 0) is 61.9 Å². The van der Waals surface area contributed by atoms with E-state index in [0.717, 1.165) is 48.6 Å². The van der Waals surface area contributed by atoms with Crippen molar-refractivity contribution in [3.05, 3.63) is 101 Å². The number of likely N-dealkylation sites (N-methyl/N-ethyl adjacent to an activating group) is 1. The summed E-state index contributed by atoms with van der Waals surface area (Å²) >= 11 is 0. The van der Waals surface area contributed by atoms with Gasteiger partial charge in [0.1, 0.15) is 6.61 Å². The first kappa shape index (κ1) is 24.5. The Bertz CT molecular complexity index is 1170. The van der Waals surface area contributed by atoms with E-state index < -0.39 is 0 Å². The summed E-state index contributed by atoms with van der Waals surface area (Å²) in [5.41, 5.74) is 4.93. The number of carbonyl (C=O) groups is 2. The molecule has 0 radical (unpaired) electrons. The van der Waals surface area contributed by atoms with Crippen molar-refractivity contribution >= 4 is 17.6 Å². The van der Waals surface area contributed by atoms with Crippen LogP contribution in [0.5, 0.6) is 0 Å². The fourth-order valence-corrected chi connectivity index (χ4v) is 4.22. The Balaban J connectivity index is 1.41. The van der Waals surface area contributed by atoms with E-state index in [2.05, 4.69) is 28.2 Å². The van der Waals surface area contributed by atoms with Crippen molar-refractivity contribution < 1.29 is 14.3 Å². The highest BCUT2D eigenvalue weighted by Crippen LogP contribution is 2.22. The molecule has 1 atom stereocenters. The van der Waals surface area contributed by atoms with Crippen molar-refractivity contribution in [2.75, 3.05) is 38.1 Å². The van der Waals surface area contributed by atoms with E-state index in [4.69, 9.17) is 4.74 Å². The molecular formula is C29H33N3O3. The van der Waals surface area contributed by atoms with Gasteiger partial charge in [-0.2, -0.15) is 0 Å². The van der Waals surface area contributed by atoms with Crippen molar-refractivity contribution in [2.24, 2.45) is 0 Å². The highest BCUT2D eigenvalue weighted by atomic mass is 16.5. The van der Waals surface area contributed by atoms with Gasteiger partial charge in [-0.25, -0.2) is 4.79 Å². The molecule has 4 rings (SSSR count). The molecule has 3 aromatic carbocycles. The number of hydrogen-bond acceptors (Lipinski definition) is 5. The maximum atomic E-state index is 13.2. The van der Waals surface area contributed by atoms with E-state index in [1.807, 2.05) is 68.4 Å². The molecule has 0 spiro atoms. The third-order valence-corrected chi connectivity index (χ3v) is 6.52. The van der Waals surface area contributed by atoms with Gasteiger partial charge in [0, 0.05) is 37.4 Å². The molecule has 1 aliphatic heterocycles. The van der Waals surface area contributed by atoms with Gasteiger partial charge in [0.25, 0.3) is 5.91 Å². The maximum Gasteiger partial charge on any atom is 0.338 e. The maximum absolute atomic E-state index is 13.2. The van der Waals surface area contributed by atoms with Gasteiger partial charge in [0.05, 0.1) is 11.6 Å². The molecule has 1 fully saturated rings. The largest absolute Gasteiger partial charge is 0.457 e. The predicted octanol–water partition coefficient (Wildman–Crippen LogP) is 4.59. The lowest BCUT2D eigenvalue weighted by Gasteiger charge is -2.34. The summed E-state index contributed by atoms with van der Waals surface area (Å²) in [6.07, 6.45) is 0. The molecule has 1 heterocycles. The number of esters is 1. The first-order valence-electron chi connectivity index (χ1n) is 12.1. The van der Waals surface area contributed by atoms with Crippen LogP contribution in [-0.4, -0.2) is 50.0 Å². The smallest absolute Gasteiger partial charge is 0.338 e. The highest BCUT2D eigenvalue weighted by molar-refractivity contribution is 5.97. The second-order valence-electron chi connectivity index (χ2n) is 9.17. The number of nitrogens with one attached hydrogen (secondary N) is 1. The molecule has 35 heavy (non-hydrogen) atoms. The molecule has 182 valence electrons. The van der Waals surface area contributed by atoms with Gasteiger partial charge < -0.3 is 19.9 Å². The van der Waals surface area contributed by atoms with Gasteiger partial charge in [-0.1, -0.05) is 48.5 Å². The van der Waals surface area contributed by atoms with Crippen molar-refractivity contribution in [1.29, 1.82) is 0 Å². The minimum Gasteiger partial charge on any atom is -0.457 e. The molecule has 3 aromatic rings. The standard InChI is InChI=1S/C29H33N3O3/c1-21-12-13-26(32-16-14-31(3)15-17-32)19-27(21)28(33)30-22(2)24-10-7-11-25(18-24)29(34)35-20-23-8-5-4-6-9-23/h4-13,18-19,22H,14-17,20H2,1-3H3,(H,30,33)/t22-/m1/s1. The van der Waals surface area contributed by atoms with Crippen molar-refractivity contribution in [3.63, 3.8) is 0 Å². The molecule has 1 aliphatic rings. The molecule has 1 saturated heterocycles. The molecule has 1 amide bonds. The Hall–Kier alpha value is -3.64. The minimum atomic E-state index is -0.384. The second-order valence-corrected chi connectivity index (χ2v) is 9.17. The average Bonchev–Trinajstić information content (AvgIpc) is 2.88. The normalized spacial score (nSPS) is 14.9. The van der Waals surface area contributed by atoms with E-state index in [1.54, 1.807) is 12.1 Å². The minimum absolute atomic E-state index is 0.122. The van der Waals surface area contributed by atoms with Crippen LogP contribution in [0.1, 0.15) is 50.4 Å². The number of amides is 1. The first-order valence-corrected chi connectivity index (χ1v) is 12.1. The van der Waals surface area contributed by atoms with Crippen molar-refractivity contribution in [2.45, 2.75) is 26.5 Å². The SMILES string of the molecule is Cc1ccc(N2CCN(C)CC2)cc1C(=O)N[C@H](C)c1cccc(C(=O)OCc2ccccc2)c1. The summed E-state index contributed by atoms with van der Waals surface area (Å²) in [6, 6.07) is 22.6. The fourth-order valence-electron chi connectivity index (χ4n) is 4.22. The van der Waals surface area contributed by atoms with E-state index in [1.165, 1.54) is 0 Å². The summed E-state index contributed by atoms with van der Waals surface area (Å²) in [6.45, 7) is 8.02.